The van der Waals surface area contributed by atoms with Crippen molar-refractivity contribution in [3.8, 4) is 5.75 Å². The van der Waals surface area contributed by atoms with Gasteiger partial charge < -0.3 is 30.5 Å². The molecule has 0 unspecified atom stereocenters. The van der Waals surface area contributed by atoms with Crippen molar-refractivity contribution >= 4 is 51.0 Å². The Morgan fingerprint density at radius 2 is 1.67 bits per heavy atom. The fourth-order valence-electron chi connectivity index (χ4n) is 5.74. The summed E-state index contributed by atoms with van der Waals surface area (Å²) in [6, 6.07) is 12.3. The van der Waals surface area contributed by atoms with Gasteiger partial charge in [0, 0.05) is 55.0 Å². The first-order valence-electron chi connectivity index (χ1n) is 16.5. The second kappa shape index (κ2) is 17.1. The normalized spacial score (nSPS) is 20.9. The van der Waals surface area contributed by atoms with Crippen LogP contribution in [-0.4, -0.2) is 91.3 Å². The Hall–Kier alpha value is -4.45. The molecule has 4 rings (SSSR count). The lowest BCUT2D eigenvalue weighted by Gasteiger charge is -2.30. The predicted molar refractivity (Wildman–Crippen MR) is 187 cm³/mol. The first kappa shape index (κ1) is 36.4. The summed E-state index contributed by atoms with van der Waals surface area (Å²) in [5.41, 5.74) is 1.40. The standard InChI is InChI=1S/C36H47N5O6S/c1-23(2)20-29-34(44)39-30(21-25-13-15-26(47-5)16-14-25)36(46)40(4)24(3)33(43)37-17-9-19-41(18-8-12-32(42)38-29)35(45)28-22-48-31-11-7-6-10-27(28)31/h6-7,10-11,13-16,22-24,29-30H,8-9,12,17-21H2,1-5H3,(H,37,43)(H,38,42)(H,39,44)/t24-,29+,30-/m0/s1. The minimum Gasteiger partial charge on any atom is -0.497 e. The molecule has 2 heterocycles. The van der Waals surface area contributed by atoms with Crippen LogP contribution < -0.4 is 20.7 Å². The molecule has 1 saturated heterocycles. The molecule has 5 amide bonds. The van der Waals surface area contributed by atoms with Gasteiger partial charge in [0.05, 0.1) is 12.7 Å². The lowest BCUT2D eigenvalue weighted by molar-refractivity contribution is -0.141. The molecule has 3 N–H and O–H groups in total. The molecule has 3 aromatic rings. The van der Waals surface area contributed by atoms with Crippen molar-refractivity contribution in [3.05, 3.63) is 65.0 Å². The molecule has 0 aliphatic carbocycles. The number of hydrogen-bond acceptors (Lipinski definition) is 7. The van der Waals surface area contributed by atoms with Crippen LogP contribution in [0.4, 0.5) is 0 Å². The van der Waals surface area contributed by atoms with Gasteiger partial charge >= 0.3 is 0 Å². The summed E-state index contributed by atoms with van der Waals surface area (Å²) in [7, 11) is 3.11. The van der Waals surface area contributed by atoms with E-state index in [1.807, 2.05) is 55.6 Å². The molecule has 48 heavy (non-hydrogen) atoms. The quantitative estimate of drug-likeness (QED) is 0.364. The SMILES string of the molecule is COc1ccc(C[C@@H]2NC(=O)[C@@H](CC(C)C)NC(=O)CCCN(C(=O)c3csc4ccccc34)CCCNC(=O)[C@H](C)N(C)C2=O)cc1. The van der Waals surface area contributed by atoms with Crippen LogP contribution in [-0.2, 0) is 25.6 Å². The van der Waals surface area contributed by atoms with Gasteiger partial charge in [0.15, 0.2) is 0 Å². The maximum Gasteiger partial charge on any atom is 0.255 e. The number of methoxy groups -OCH3 is 1. The highest BCUT2D eigenvalue weighted by molar-refractivity contribution is 7.17. The van der Waals surface area contributed by atoms with E-state index >= 15 is 0 Å². The summed E-state index contributed by atoms with van der Waals surface area (Å²) in [6.45, 7) is 6.55. The van der Waals surface area contributed by atoms with Gasteiger partial charge in [0.2, 0.25) is 23.6 Å². The van der Waals surface area contributed by atoms with Gasteiger partial charge in [-0.2, -0.15) is 0 Å². The van der Waals surface area contributed by atoms with Crippen molar-refractivity contribution in [1.29, 1.82) is 0 Å². The van der Waals surface area contributed by atoms with E-state index in [4.69, 9.17) is 4.74 Å². The number of carbonyl (C=O) groups excluding carboxylic acids is 5. The van der Waals surface area contributed by atoms with Gasteiger partial charge in [-0.15, -0.1) is 11.3 Å². The zero-order valence-electron chi connectivity index (χ0n) is 28.4. The Bertz CT molecular complexity index is 1590. The fraction of sp³-hybridized carbons (Fsp3) is 0.472. The van der Waals surface area contributed by atoms with Crippen LogP contribution in [0.5, 0.6) is 5.75 Å². The number of thiophene rings is 1. The van der Waals surface area contributed by atoms with Crippen LogP contribution in [0.3, 0.4) is 0 Å². The van der Waals surface area contributed by atoms with E-state index < -0.39 is 29.9 Å². The second-order valence-corrected chi connectivity index (χ2v) is 13.6. The largest absolute Gasteiger partial charge is 0.497 e. The van der Waals surface area contributed by atoms with Gasteiger partial charge in [-0.05, 0) is 55.9 Å². The highest BCUT2D eigenvalue weighted by Gasteiger charge is 2.32. The molecule has 3 atom stereocenters. The monoisotopic (exact) mass is 677 g/mol. The third kappa shape index (κ3) is 9.56. The lowest BCUT2D eigenvalue weighted by atomic mass is 10.00. The Balaban J connectivity index is 1.57. The number of carbonyl (C=O) groups is 5. The molecular weight excluding hydrogens is 630 g/mol. The molecule has 258 valence electrons. The van der Waals surface area contributed by atoms with Crippen molar-refractivity contribution in [2.24, 2.45) is 5.92 Å². The smallest absolute Gasteiger partial charge is 0.255 e. The summed E-state index contributed by atoms with van der Waals surface area (Å²) in [5.74, 6) is -0.946. The number of amides is 5. The van der Waals surface area contributed by atoms with Gasteiger partial charge in [0.25, 0.3) is 5.91 Å². The zero-order chi connectivity index (χ0) is 34.8. The van der Waals surface area contributed by atoms with E-state index in [1.54, 1.807) is 31.1 Å². The van der Waals surface area contributed by atoms with Crippen molar-refractivity contribution in [1.82, 2.24) is 25.8 Å². The van der Waals surface area contributed by atoms with E-state index in [9.17, 15) is 24.0 Å². The van der Waals surface area contributed by atoms with Crippen LogP contribution in [0.15, 0.2) is 53.9 Å². The number of rotatable bonds is 6. The van der Waals surface area contributed by atoms with Crippen molar-refractivity contribution in [3.63, 3.8) is 0 Å². The summed E-state index contributed by atoms with van der Waals surface area (Å²) < 4.78 is 6.27. The summed E-state index contributed by atoms with van der Waals surface area (Å²) >= 11 is 1.51. The molecule has 0 bridgehead atoms. The van der Waals surface area contributed by atoms with E-state index in [0.29, 0.717) is 50.2 Å². The topological polar surface area (TPSA) is 137 Å². The third-order valence-electron chi connectivity index (χ3n) is 8.61. The van der Waals surface area contributed by atoms with E-state index in [2.05, 4.69) is 16.0 Å². The Morgan fingerprint density at radius 1 is 0.958 bits per heavy atom. The minimum absolute atomic E-state index is 0.0783. The third-order valence-corrected chi connectivity index (χ3v) is 9.58. The van der Waals surface area contributed by atoms with Crippen molar-refractivity contribution in [2.75, 3.05) is 33.8 Å². The molecular formula is C36H47N5O6S. The number of nitrogens with zero attached hydrogens (tertiary/aromatic N) is 2. The molecule has 11 nitrogen and oxygen atoms in total. The van der Waals surface area contributed by atoms with E-state index in [-0.39, 0.29) is 36.5 Å². The number of benzene rings is 2. The average Bonchev–Trinajstić information content (AvgIpc) is 3.51. The summed E-state index contributed by atoms with van der Waals surface area (Å²) in [6.07, 6.45) is 1.54. The molecule has 2 aromatic carbocycles. The van der Waals surface area contributed by atoms with E-state index in [1.165, 1.54) is 23.3 Å². The molecule has 0 saturated carbocycles. The lowest BCUT2D eigenvalue weighted by Crippen LogP contribution is -2.57. The van der Waals surface area contributed by atoms with Gasteiger partial charge in [-0.3, -0.25) is 24.0 Å². The molecule has 1 aromatic heterocycles. The molecule has 1 aliphatic heterocycles. The number of ether oxygens (including phenoxy) is 1. The van der Waals surface area contributed by atoms with Crippen LogP contribution in [0.1, 0.15) is 62.4 Å². The second-order valence-electron chi connectivity index (χ2n) is 12.7. The van der Waals surface area contributed by atoms with Crippen LogP contribution in [0.25, 0.3) is 10.1 Å². The predicted octanol–water partition coefficient (Wildman–Crippen LogP) is 3.76. The average molecular weight is 678 g/mol. The number of likely N-dealkylation sites (N-methyl/N-ethyl adjacent to an activating group) is 1. The fourth-order valence-corrected chi connectivity index (χ4v) is 6.67. The van der Waals surface area contributed by atoms with E-state index in [0.717, 1.165) is 15.6 Å². The van der Waals surface area contributed by atoms with Crippen LogP contribution >= 0.6 is 11.3 Å². The maximum atomic E-state index is 13.9. The maximum absolute atomic E-state index is 13.9. The van der Waals surface area contributed by atoms with Gasteiger partial charge in [-0.1, -0.05) is 44.2 Å². The molecule has 12 heteroatoms. The zero-order valence-corrected chi connectivity index (χ0v) is 29.2. The molecule has 0 radical (unpaired) electrons. The Labute approximate surface area is 286 Å². The van der Waals surface area contributed by atoms with Crippen LogP contribution in [0, 0.1) is 5.92 Å². The molecule has 0 spiro atoms. The molecule has 1 fully saturated rings. The number of hydrogen-bond donors (Lipinski definition) is 3. The van der Waals surface area contributed by atoms with Crippen molar-refractivity contribution in [2.45, 2.75) is 71.0 Å². The summed E-state index contributed by atoms with van der Waals surface area (Å²) in [5, 5.41) is 11.4. The first-order valence-corrected chi connectivity index (χ1v) is 17.4. The van der Waals surface area contributed by atoms with Gasteiger partial charge in [0.1, 0.15) is 23.9 Å². The Morgan fingerprint density at radius 3 is 2.38 bits per heavy atom. The highest BCUT2D eigenvalue weighted by Crippen LogP contribution is 2.27. The number of fused-ring (bicyclic) bond motifs is 1. The molecule has 1 aliphatic rings. The highest BCUT2D eigenvalue weighted by atomic mass is 32.1. The summed E-state index contributed by atoms with van der Waals surface area (Å²) in [4.78, 5) is 70.7. The number of nitrogens with one attached hydrogen (secondary N) is 3. The Kier molecular flexibility index (Phi) is 13.0. The van der Waals surface area contributed by atoms with Gasteiger partial charge in [-0.25, -0.2) is 0 Å². The van der Waals surface area contributed by atoms with Crippen LogP contribution in [0.2, 0.25) is 0 Å². The first-order chi connectivity index (χ1) is 23.0. The minimum atomic E-state index is -0.982. The van der Waals surface area contributed by atoms with Crippen molar-refractivity contribution < 1.29 is 28.7 Å².